The van der Waals surface area contributed by atoms with Crippen molar-refractivity contribution in [2.45, 2.75) is 26.2 Å². The lowest BCUT2D eigenvalue weighted by Crippen LogP contribution is -2.16. The molecular formula is C12H11Br2ClN2O. The van der Waals surface area contributed by atoms with Crippen molar-refractivity contribution in [2.24, 2.45) is 0 Å². The van der Waals surface area contributed by atoms with Crippen LogP contribution >= 0.6 is 43.5 Å². The first kappa shape index (κ1) is 14.0. The van der Waals surface area contributed by atoms with Crippen LogP contribution in [0.25, 0.3) is 11.6 Å². The Kier molecular flexibility index (Phi) is 3.85. The average Bonchev–Trinajstić information content (AvgIpc) is 2.66. The Morgan fingerprint density at radius 1 is 1.22 bits per heavy atom. The van der Waals surface area contributed by atoms with Gasteiger partial charge < -0.3 is 4.42 Å². The Balaban J connectivity index is 2.66. The number of hydrogen-bond donors (Lipinski definition) is 0. The topological polar surface area (TPSA) is 38.9 Å². The van der Waals surface area contributed by atoms with Gasteiger partial charge in [-0.1, -0.05) is 32.4 Å². The monoisotopic (exact) mass is 392 g/mol. The third-order valence-electron chi connectivity index (χ3n) is 2.34. The Bertz CT molecular complexity index is 590. The minimum atomic E-state index is -0.140. The number of aromatic nitrogens is 2. The SMILES string of the molecule is CC(C)(C)c1nc(-c2occc2Br)nc(Cl)c1Br. The summed E-state index contributed by atoms with van der Waals surface area (Å²) in [6.07, 6.45) is 1.58. The molecule has 0 saturated heterocycles. The highest BCUT2D eigenvalue weighted by Crippen LogP contribution is 2.35. The predicted molar refractivity (Wildman–Crippen MR) is 78.8 cm³/mol. The van der Waals surface area contributed by atoms with Gasteiger partial charge in [-0.2, -0.15) is 0 Å². The van der Waals surface area contributed by atoms with Gasteiger partial charge in [0.15, 0.2) is 11.6 Å². The van der Waals surface area contributed by atoms with Crippen LogP contribution in [0.15, 0.2) is 25.7 Å². The van der Waals surface area contributed by atoms with E-state index in [0.717, 1.165) is 14.6 Å². The van der Waals surface area contributed by atoms with Crippen molar-refractivity contribution in [2.75, 3.05) is 0 Å². The largest absolute Gasteiger partial charge is 0.460 e. The molecule has 3 nitrogen and oxygen atoms in total. The van der Waals surface area contributed by atoms with Crippen LogP contribution < -0.4 is 0 Å². The first-order chi connectivity index (χ1) is 8.30. The molecule has 0 aliphatic carbocycles. The molecule has 0 aliphatic heterocycles. The summed E-state index contributed by atoms with van der Waals surface area (Å²) in [5.41, 5.74) is 0.708. The highest BCUT2D eigenvalue weighted by molar-refractivity contribution is 9.11. The molecule has 0 spiro atoms. The van der Waals surface area contributed by atoms with Crippen LogP contribution in [-0.4, -0.2) is 9.97 Å². The molecule has 2 heterocycles. The van der Waals surface area contributed by atoms with E-state index >= 15 is 0 Å². The summed E-state index contributed by atoms with van der Waals surface area (Å²) < 4.78 is 6.90. The van der Waals surface area contributed by atoms with Crippen LogP contribution in [-0.2, 0) is 5.41 Å². The minimum absolute atomic E-state index is 0.140. The molecule has 0 radical (unpaired) electrons. The molecular weight excluding hydrogens is 383 g/mol. The highest BCUT2D eigenvalue weighted by atomic mass is 79.9. The second-order valence-electron chi connectivity index (χ2n) is 4.85. The fourth-order valence-electron chi connectivity index (χ4n) is 1.47. The van der Waals surface area contributed by atoms with Crippen molar-refractivity contribution in [1.82, 2.24) is 9.97 Å². The molecule has 0 bridgehead atoms. The van der Waals surface area contributed by atoms with E-state index < -0.39 is 0 Å². The van der Waals surface area contributed by atoms with E-state index in [1.54, 1.807) is 12.3 Å². The maximum absolute atomic E-state index is 6.14. The second kappa shape index (κ2) is 4.94. The van der Waals surface area contributed by atoms with E-state index in [1.807, 2.05) is 0 Å². The lowest BCUT2D eigenvalue weighted by molar-refractivity contribution is 0.553. The van der Waals surface area contributed by atoms with E-state index in [1.165, 1.54) is 0 Å². The standard InChI is InChI=1S/C12H11Br2ClN2O/c1-12(2,3)9-7(14)10(15)17-11(16-9)8-6(13)4-5-18-8/h4-5H,1-3H3. The van der Waals surface area contributed by atoms with Crippen LogP contribution in [0.5, 0.6) is 0 Å². The van der Waals surface area contributed by atoms with Crippen molar-refractivity contribution in [3.05, 3.63) is 32.1 Å². The fraction of sp³-hybridized carbons (Fsp3) is 0.333. The lowest BCUT2D eigenvalue weighted by atomic mass is 9.92. The molecule has 0 amide bonds. The van der Waals surface area contributed by atoms with Gasteiger partial charge in [0, 0.05) is 5.41 Å². The normalized spacial score (nSPS) is 11.9. The molecule has 0 aromatic carbocycles. The second-order valence-corrected chi connectivity index (χ2v) is 6.85. The number of halogens is 3. The van der Waals surface area contributed by atoms with Crippen LogP contribution in [0.4, 0.5) is 0 Å². The van der Waals surface area contributed by atoms with Gasteiger partial charge in [0.05, 0.1) is 20.9 Å². The van der Waals surface area contributed by atoms with E-state index in [9.17, 15) is 0 Å². The highest BCUT2D eigenvalue weighted by Gasteiger charge is 2.24. The first-order valence-corrected chi connectivity index (χ1v) is 7.24. The third kappa shape index (κ3) is 2.63. The van der Waals surface area contributed by atoms with E-state index in [-0.39, 0.29) is 5.41 Å². The molecule has 0 fully saturated rings. The van der Waals surface area contributed by atoms with E-state index in [0.29, 0.717) is 16.7 Å². The van der Waals surface area contributed by atoms with Gasteiger partial charge in [0.2, 0.25) is 0 Å². The number of furan rings is 1. The molecule has 18 heavy (non-hydrogen) atoms. The van der Waals surface area contributed by atoms with Gasteiger partial charge in [-0.3, -0.25) is 0 Å². The summed E-state index contributed by atoms with van der Waals surface area (Å²) in [5, 5.41) is 0.383. The summed E-state index contributed by atoms with van der Waals surface area (Å²) in [6, 6.07) is 1.80. The van der Waals surface area contributed by atoms with Crippen molar-refractivity contribution in [1.29, 1.82) is 0 Å². The van der Waals surface area contributed by atoms with Crippen molar-refractivity contribution in [3.63, 3.8) is 0 Å². The van der Waals surface area contributed by atoms with Crippen molar-refractivity contribution >= 4 is 43.5 Å². The van der Waals surface area contributed by atoms with E-state index in [4.69, 9.17) is 16.0 Å². The minimum Gasteiger partial charge on any atom is -0.460 e. The van der Waals surface area contributed by atoms with Crippen LogP contribution in [0.2, 0.25) is 5.15 Å². The van der Waals surface area contributed by atoms with Gasteiger partial charge in [0.1, 0.15) is 5.15 Å². The number of hydrogen-bond acceptors (Lipinski definition) is 3. The molecule has 0 unspecified atom stereocenters. The van der Waals surface area contributed by atoms with Crippen LogP contribution in [0.1, 0.15) is 26.5 Å². The summed E-state index contributed by atoms with van der Waals surface area (Å²) in [7, 11) is 0. The smallest absolute Gasteiger partial charge is 0.198 e. The summed E-state index contributed by atoms with van der Waals surface area (Å²) in [4.78, 5) is 8.78. The maximum atomic E-state index is 6.14. The Morgan fingerprint density at radius 2 is 1.89 bits per heavy atom. The van der Waals surface area contributed by atoms with Gasteiger partial charge in [-0.05, 0) is 37.9 Å². The zero-order valence-corrected chi connectivity index (χ0v) is 14.0. The zero-order chi connectivity index (χ0) is 13.5. The van der Waals surface area contributed by atoms with Gasteiger partial charge >= 0.3 is 0 Å². The van der Waals surface area contributed by atoms with E-state index in [2.05, 4.69) is 62.6 Å². The summed E-state index contributed by atoms with van der Waals surface area (Å²) in [6.45, 7) is 6.20. The molecule has 96 valence electrons. The lowest BCUT2D eigenvalue weighted by Gasteiger charge is -2.20. The molecule has 2 rings (SSSR count). The predicted octanol–water partition coefficient (Wildman–Crippen LogP) is 5.21. The van der Waals surface area contributed by atoms with Crippen molar-refractivity contribution in [3.8, 4) is 11.6 Å². The molecule has 0 saturated carbocycles. The number of rotatable bonds is 1. The first-order valence-electron chi connectivity index (χ1n) is 5.27. The average molecular weight is 394 g/mol. The Labute approximate surface area is 127 Å². The molecule has 0 N–H and O–H groups in total. The Hall–Kier alpha value is -0.390. The van der Waals surface area contributed by atoms with Gasteiger partial charge in [-0.15, -0.1) is 0 Å². The molecule has 0 atom stereocenters. The van der Waals surface area contributed by atoms with Crippen LogP contribution in [0.3, 0.4) is 0 Å². The molecule has 6 heteroatoms. The maximum Gasteiger partial charge on any atom is 0.198 e. The fourth-order valence-corrected chi connectivity index (χ4v) is 2.79. The number of nitrogens with zero attached hydrogens (tertiary/aromatic N) is 2. The van der Waals surface area contributed by atoms with Gasteiger partial charge in [-0.25, -0.2) is 9.97 Å². The van der Waals surface area contributed by atoms with Crippen LogP contribution in [0, 0.1) is 0 Å². The summed E-state index contributed by atoms with van der Waals surface area (Å²) >= 11 is 13.0. The van der Waals surface area contributed by atoms with Gasteiger partial charge in [0.25, 0.3) is 0 Å². The zero-order valence-electron chi connectivity index (χ0n) is 10.1. The van der Waals surface area contributed by atoms with Crippen molar-refractivity contribution < 1.29 is 4.42 Å². The molecule has 2 aromatic heterocycles. The molecule has 0 aliphatic rings. The summed E-state index contributed by atoms with van der Waals surface area (Å²) in [5.74, 6) is 1.06. The third-order valence-corrected chi connectivity index (χ3v) is 4.22. The Morgan fingerprint density at radius 3 is 2.39 bits per heavy atom. The quantitative estimate of drug-likeness (QED) is 0.623. The molecule has 2 aromatic rings.